The van der Waals surface area contributed by atoms with E-state index >= 15 is 0 Å². The van der Waals surface area contributed by atoms with Crippen molar-refractivity contribution in [3.05, 3.63) is 83.4 Å². The summed E-state index contributed by atoms with van der Waals surface area (Å²) < 4.78 is 0. The van der Waals surface area contributed by atoms with E-state index in [9.17, 15) is 5.11 Å². The molecule has 1 nitrogen and oxygen atoms in total. The molecular weight excluding hydrogens is 280 g/mol. The molecule has 0 atom stereocenters. The molecule has 0 unspecified atom stereocenters. The Bertz CT molecular complexity index is 783. The van der Waals surface area contributed by atoms with Crippen molar-refractivity contribution in [2.75, 3.05) is 6.61 Å². The molecule has 0 amide bonds. The van der Waals surface area contributed by atoms with Crippen LogP contribution in [0.1, 0.15) is 16.7 Å². The molecule has 0 saturated heterocycles. The Morgan fingerprint density at radius 3 is 1.83 bits per heavy atom. The van der Waals surface area contributed by atoms with E-state index in [2.05, 4.69) is 80.6 Å². The first-order chi connectivity index (χ1) is 11.2. The molecule has 0 bridgehead atoms. The van der Waals surface area contributed by atoms with Gasteiger partial charge in [0.2, 0.25) is 0 Å². The minimum absolute atomic E-state index is 0.163. The fourth-order valence-electron chi connectivity index (χ4n) is 2.96. The van der Waals surface area contributed by atoms with E-state index in [0.717, 1.165) is 0 Å². The second-order valence-corrected chi connectivity index (χ2v) is 6.05. The fraction of sp³-hybridized carbons (Fsp3) is 0.182. The van der Waals surface area contributed by atoms with Crippen molar-refractivity contribution in [2.24, 2.45) is 0 Å². The quantitative estimate of drug-likeness (QED) is 0.704. The Kier molecular flexibility index (Phi) is 4.59. The number of aliphatic hydroxyl groups is 1. The summed E-state index contributed by atoms with van der Waals surface area (Å²) in [6.45, 7) is 4.37. The van der Waals surface area contributed by atoms with Crippen LogP contribution in [0.4, 0.5) is 0 Å². The smallest absolute Gasteiger partial charge is 0.0471 e. The van der Waals surface area contributed by atoms with Gasteiger partial charge in [0.25, 0.3) is 0 Å². The number of benzene rings is 3. The van der Waals surface area contributed by atoms with E-state index in [1.165, 1.54) is 38.9 Å². The zero-order valence-electron chi connectivity index (χ0n) is 13.7. The third-order valence-corrected chi connectivity index (χ3v) is 4.23. The Labute approximate surface area is 138 Å². The highest BCUT2D eigenvalue weighted by molar-refractivity contribution is 5.85. The van der Waals surface area contributed by atoms with Gasteiger partial charge >= 0.3 is 0 Å². The van der Waals surface area contributed by atoms with Crippen LogP contribution in [0, 0.1) is 13.8 Å². The normalized spacial score (nSPS) is 10.7. The first-order valence-corrected chi connectivity index (χ1v) is 8.06. The third kappa shape index (κ3) is 3.35. The Hall–Kier alpha value is -2.38. The van der Waals surface area contributed by atoms with Gasteiger partial charge in [-0.15, -0.1) is 0 Å². The topological polar surface area (TPSA) is 20.2 Å². The van der Waals surface area contributed by atoms with Crippen LogP contribution in [-0.4, -0.2) is 11.7 Å². The monoisotopic (exact) mass is 302 g/mol. The Balaban J connectivity index is 2.21. The van der Waals surface area contributed by atoms with E-state index in [-0.39, 0.29) is 6.61 Å². The lowest BCUT2D eigenvalue weighted by atomic mass is 9.89. The lowest BCUT2D eigenvalue weighted by Crippen LogP contribution is -1.97. The van der Waals surface area contributed by atoms with Gasteiger partial charge in [0.15, 0.2) is 0 Å². The lowest BCUT2D eigenvalue weighted by molar-refractivity contribution is 0.300. The van der Waals surface area contributed by atoms with Crippen molar-refractivity contribution in [3.8, 4) is 22.3 Å². The summed E-state index contributed by atoms with van der Waals surface area (Å²) in [4.78, 5) is 0. The second-order valence-electron chi connectivity index (χ2n) is 6.05. The van der Waals surface area contributed by atoms with Gasteiger partial charge in [-0.05, 0) is 48.1 Å². The van der Waals surface area contributed by atoms with Gasteiger partial charge < -0.3 is 5.11 Å². The minimum atomic E-state index is 0.163. The largest absolute Gasteiger partial charge is 0.396 e. The molecular formula is C22H22O. The Morgan fingerprint density at radius 1 is 0.696 bits per heavy atom. The van der Waals surface area contributed by atoms with Crippen LogP contribution in [-0.2, 0) is 6.42 Å². The fourth-order valence-corrected chi connectivity index (χ4v) is 2.96. The molecule has 0 aliphatic rings. The first kappa shape index (κ1) is 15.5. The summed E-state index contributed by atoms with van der Waals surface area (Å²) in [6.07, 6.45) is 0.670. The lowest BCUT2D eigenvalue weighted by Gasteiger charge is -2.16. The molecule has 0 heterocycles. The average Bonchev–Trinajstić information content (AvgIpc) is 2.57. The van der Waals surface area contributed by atoms with Gasteiger partial charge in [-0.2, -0.15) is 0 Å². The van der Waals surface area contributed by atoms with Crippen molar-refractivity contribution in [2.45, 2.75) is 20.3 Å². The highest BCUT2D eigenvalue weighted by Crippen LogP contribution is 2.35. The van der Waals surface area contributed by atoms with Crippen LogP contribution in [0.2, 0.25) is 0 Å². The second kappa shape index (κ2) is 6.80. The summed E-state index contributed by atoms with van der Waals surface area (Å²) in [5, 5.41) is 9.43. The predicted octanol–water partition coefficient (Wildman–Crippen LogP) is 5.17. The standard InChI is InChI=1S/C22H22O/c1-16-6-10-18(11-7-16)21-5-3-4-19(14-15-23)22(21)20-12-8-17(2)9-13-20/h3-13,23H,14-15H2,1-2H3. The van der Waals surface area contributed by atoms with Crippen LogP contribution in [0.3, 0.4) is 0 Å². The number of aryl methyl sites for hydroxylation is 2. The third-order valence-electron chi connectivity index (χ3n) is 4.23. The molecule has 0 fully saturated rings. The van der Waals surface area contributed by atoms with Crippen LogP contribution in [0.25, 0.3) is 22.3 Å². The Morgan fingerprint density at radius 2 is 1.26 bits per heavy atom. The number of aliphatic hydroxyl groups excluding tert-OH is 1. The molecule has 0 spiro atoms. The molecule has 3 aromatic carbocycles. The van der Waals surface area contributed by atoms with E-state index in [4.69, 9.17) is 0 Å². The molecule has 0 aliphatic carbocycles. The summed E-state index contributed by atoms with van der Waals surface area (Å²) >= 11 is 0. The van der Waals surface area contributed by atoms with Gasteiger partial charge in [0.1, 0.15) is 0 Å². The molecule has 0 saturated carbocycles. The molecule has 1 N–H and O–H groups in total. The van der Waals surface area contributed by atoms with Crippen molar-refractivity contribution >= 4 is 0 Å². The van der Waals surface area contributed by atoms with E-state index < -0.39 is 0 Å². The van der Waals surface area contributed by atoms with Crippen molar-refractivity contribution in [1.82, 2.24) is 0 Å². The maximum absolute atomic E-state index is 9.43. The van der Waals surface area contributed by atoms with E-state index in [0.29, 0.717) is 6.42 Å². The van der Waals surface area contributed by atoms with Crippen molar-refractivity contribution < 1.29 is 5.11 Å². The maximum atomic E-state index is 9.43. The molecule has 1 heteroatoms. The maximum Gasteiger partial charge on any atom is 0.0471 e. The van der Waals surface area contributed by atoms with Crippen LogP contribution < -0.4 is 0 Å². The number of rotatable bonds is 4. The zero-order valence-corrected chi connectivity index (χ0v) is 13.7. The highest BCUT2D eigenvalue weighted by Gasteiger charge is 2.12. The first-order valence-electron chi connectivity index (χ1n) is 8.06. The molecule has 3 rings (SSSR count). The van der Waals surface area contributed by atoms with E-state index in [1.807, 2.05) is 0 Å². The summed E-state index contributed by atoms with van der Waals surface area (Å²) in [6, 6.07) is 23.6. The number of hydrogen-bond acceptors (Lipinski definition) is 1. The average molecular weight is 302 g/mol. The summed E-state index contributed by atoms with van der Waals surface area (Å²) in [5.74, 6) is 0. The summed E-state index contributed by atoms with van der Waals surface area (Å²) in [5.41, 5.74) is 8.57. The van der Waals surface area contributed by atoms with Crippen LogP contribution in [0.15, 0.2) is 66.7 Å². The predicted molar refractivity (Wildman–Crippen MR) is 97.6 cm³/mol. The van der Waals surface area contributed by atoms with Gasteiger partial charge in [-0.25, -0.2) is 0 Å². The molecule has 0 radical (unpaired) electrons. The van der Waals surface area contributed by atoms with Crippen molar-refractivity contribution in [3.63, 3.8) is 0 Å². The van der Waals surface area contributed by atoms with Crippen LogP contribution in [0.5, 0.6) is 0 Å². The molecule has 0 aliphatic heterocycles. The molecule has 116 valence electrons. The molecule has 23 heavy (non-hydrogen) atoms. The van der Waals surface area contributed by atoms with Gasteiger partial charge in [0.05, 0.1) is 0 Å². The van der Waals surface area contributed by atoms with Crippen LogP contribution >= 0.6 is 0 Å². The van der Waals surface area contributed by atoms with Gasteiger partial charge in [-0.1, -0.05) is 77.9 Å². The number of hydrogen-bond donors (Lipinski definition) is 1. The SMILES string of the molecule is Cc1ccc(-c2cccc(CCO)c2-c2ccc(C)cc2)cc1. The molecule has 3 aromatic rings. The zero-order chi connectivity index (χ0) is 16.2. The minimum Gasteiger partial charge on any atom is -0.396 e. The van der Waals surface area contributed by atoms with Gasteiger partial charge in [-0.3, -0.25) is 0 Å². The van der Waals surface area contributed by atoms with Crippen molar-refractivity contribution in [1.29, 1.82) is 0 Å². The molecule has 0 aromatic heterocycles. The highest BCUT2D eigenvalue weighted by atomic mass is 16.2. The van der Waals surface area contributed by atoms with Gasteiger partial charge in [0, 0.05) is 6.61 Å². The summed E-state index contributed by atoms with van der Waals surface area (Å²) in [7, 11) is 0. The van der Waals surface area contributed by atoms with E-state index in [1.54, 1.807) is 0 Å².